The predicted octanol–water partition coefficient (Wildman–Crippen LogP) is 2.05. The number of nitrogens with zero attached hydrogens (tertiary/aromatic N) is 3. The summed E-state index contributed by atoms with van der Waals surface area (Å²) in [6.45, 7) is 9.08. The van der Waals surface area contributed by atoms with Crippen LogP contribution in [0.4, 0.5) is 5.69 Å². The molecule has 4 nitrogen and oxygen atoms in total. The molecule has 17 heavy (non-hydrogen) atoms. The first-order valence-corrected chi connectivity index (χ1v) is 6.66. The van der Waals surface area contributed by atoms with Gasteiger partial charge in [0.05, 0.1) is 11.4 Å². The lowest BCUT2D eigenvalue weighted by molar-refractivity contribution is 0.352. The summed E-state index contributed by atoms with van der Waals surface area (Å²) in [4.78, 5) is 2.53. The van der Waals surface area contributed by atoms with Gasteiger partial charge in [-0.25, -0.2) is 0 Å². The molecule has 1 aliphatic heterocycles. The van der Waals surface area contributed by atoms with Crippen molar-refractivity contribution in [2.75, 3.05) is 31.5 Å². The van der Waals surface area contributed by atoms with Crippen LogP contribution in [0.15, 0.2) is 6.20 Å². The van der Waals surface area contributed by atoms with Gasteiger partial charge in [0.2, 0.25) is 0 Å². The molecule has 1 saturated heterocycles. The van der Waals surface area contributed by atoms with Crippen molar-refractivity contribution in [3.63, 3.8) is 0 Å². The number of hydrogen-bond donors (Lipinski definition) is 1. The third-order valence-electron chi connectivity index (χ3n) is 3.35. The van der Waals surface area contributed by atoms with Crippen LogP contribution in [-0.4, -0.2) is 40.9 Å². The SMILES string of the molecule is CC(C)c1nn(C)cc1NCCN1CCCC1. The van der Waals surface area contributed by atoms with Gasteiger partial charge in [-0.2, -0.15) is 5.10 Å². The molecule has 2 heterocycles. The number of hydrogen-bond acceptors (Lipinski definition) is 3. The maximum atomic E-state index is 4.50. The van der Waals surface area contributed by atoms with Crippen molar-refractivity contribution >= 4 is 5.69 Å². The smallest absolute Gasteiger partial charge is 0.0881 e. The number of aromatic nitrogens is 2. The minimum absolute atomic E-state index is 0.477. The second-order valence-corrected chi connectivity index (χ2v) is 5.23. The van der Waals surface area contributed by atoms with Crippen molar-refractivity contribution in [1.82, 2.24) is 14.7 Å². The number of aryl methyl sites for hydroxylation is 1. The second kappa shape index (κ2) is 5.54. The highest BCUT2D eigenvalue weighted by molar-refractivity contribution is 5.47. The van der Waals surface area contributed by atoms with E-state index in [1.54, 1.807) is 0 Å². The Morgan fingerprint density at radius 3 is 2.71 bits per heavy atom. The van der Waals surface area contributed by atoms with Crippen molar-refractivity contribution in [3.05, 3.63) is 11.9 Å². The molecule has 1 aromatic heterocycles. The monoisotopic (exact) mass is 236 g/mol. The number of rotatable bonds is 5. The molecule has 4 heteroatoms. The van der Waals surface area contributed by atoms with E-state index >= 15 is 0 Å². The molecule has 0 spiro atoms. The lowest BCUT2D eigenvalue weighted by Crippen LogP contribution is -2.26. The van der Waals surface area contributed by atoms with Gasteiger partial charge in [0, 0.05) is 26.3 Å². The van der Waals surface area contributed by atoms with Crippen LogP contribution in [0.2, 0.25) is 0 Å². The van der Waals surface area contributed by atoms with Gasteiger partial charge in [0.25, 0.3) is 0 Å². The summed E-state index contributed by atoms with van der Waals surface area (Å²) >= 11 is 0. The fraction of sp³-hybridized carbons (Fsp3) is 0.769. The minimum Gasteiger partial charge on any atom is -0.381 e. The van der Waals surface area contributed by atoms with E-state index in [9.17, 15) is 0 Å². The summed E-state index contributed by atoms with van der Waals surface area (Å²) in [5.74, 6) is 0.477. The number of nitrogens with one attached hydrogen (secondary N) is 1. The summed E-state index contributed by atoms with van der Waals surface area (Å²) in [5, 5.41) is 8.02. The van der Waals surface area contributed by atoms with Gasteiger partial charge in [-0.05, 0) is 31.8 Å². The Morgan fingerprint density at radius 1 is 1.35 bits per heavy atom. The van der Waals surface area contributed by atoms with Crippen LogP contribution in [0, 0.1) is 0 Å². The molecule has 2 rings (SSSR count). The van der Waals surface area contributed by atoms with E-state index in [-0.39, 0.29) is 0 Å². The average Bonchev–Trinajstić information content (AvgIpc) is 2.88. The van der Waals surface area contributed by atoms with Crippen LogP contribution < -0.4 is 5.32 Å². The van der Waals surface area contributed by atoms with Crippen LogP contribution in [0.3, 0.4) is 0 Å². The number of likely N-dealkylation sites (tertiary alicyclic amines) is 1. The maximum absolute atomic E-state index is 4.50. The van der Waals surface area contributed by atoms with Crippen molar-refractivity contribution < 1.29 is 0 Å². The van der Waals surface area contributed by atoms with Crippen LogP contribution in [-0.2, 0) is 7.05 Å². The Hall–Kier alpha value is -1.03. The van der Waals surface area contributed by atoms with Crippen molar-refractivity contribution in [1.29, 1.82) is 0 Å². The molecule has 0 saturated carbocycles. The van der Waals surface area contributed by atoms with E-state index in [0.717, 1.165) is 13.1 Å². The molecule has 1 aromatic rings. The highest BCUT2D eigenvalue weighted by atomic mass is 15.3. The zero-order valence-electron chi connectivity index (χ0n) is 11.2. The molecular weight excluding hydrogens is 212 g/mol. The largest absolute Gasteiger partial charge is 0.381 e. The average molecular weight is 236 g/mol. The molecular formula is C13H24N4. The first-order chi connectivity index (χ1) is 8.16. The Morgan fingerprint density at radius 2 is 2.06 bits per heavy atom. The fourth-order valence-electron chi connectivity index (χ4n) is 2.42. The van der Waals surface area contributed by atoms with E-state index in [1.807, 2.05) is 11.7 Å². The van der Waals surface area contributed by atoms with Crippen molar-refractivity contribution in [3.8, 4) is 0 Å². The van der Waals surface area contributed by atoms with Crippen LogP contribution >= 0.6 is 0 Å². The highest BCUT2D eigenvalue weighted by Crippen LogP contribution is 2.21. The zero-order chi connectivity index (χ0) is 12.3. The first-order valence-electron chi connectivity index (χ1n) is 6.66. The molecule has 0 unspecified atom stereocenters. The van der Waals surface area contributed by atoms with E-state index in [4.69, 9.17) is 0 Å². The van der Waals surface area contributed by atoms with Gasteiger partial charge in [-0.3, -0.25) is 4.68 Å². The third kappa shape index (κ3) is 3.22. The van der Waals surface area contributed by atoms with Crippen molar-refractivity contribution in [2.24, 2.45) is 7.05 Å². The molecule has 1 aliphatic rings. The molecule has 0 atom stereocenters. The highest BCUT2D eigenvalue weighted by Gasteiger charge is 2.13. The standard InChI is InChI=1S/C13H24N4/c1-11(2)13-12(10-16(3)15-13)14-6-9-17-7-4-5-8-17/h10-11,14H,4-9H2,1-3H3. The summed E-state index contributed by atoms with van der Waals surface area (Å²) in [6, 6.07) is 0. The summed E-state index contributed by atoms with van der Waals surface area (Å²) in [7, 11) is 1.98. The Labute approximate surface area is 104 Å². The van der Waals surface area contributed by atoms with Crippen molar-refractivity contribution in [2.45, 2.75) is 32.6 Å². The third-order valence-corrected chi connectivity index (χ3v) is 3.35. The fourth-order valence-corrected chi connectivity index (χ4v) is 2.42. The summed E-state index contributed by atoms with van der Waals surface area (Å²) in [6.07, 6.45) is 4.81. The summed E-state index contributed by atoms with van der Waals surface area (Å²) < 4.78 is 1.90. The van der Waals surface area contributed by atoms with E-state index in [1.165, 1.54) is 37.3 Å². The zero-order valence-corrected chi connectivity index (χ0v) is 11.2. The van der Waals surface area contributed by atoms with E-state index < -0.39 is 0 Å². The molecule has 0 bridgehead atoms. The van der Waals surface area contributed by atoms with Crippen LogP contribution in [0.25, 0.3) is 0 Å². The first kappa shape index (κ1) is 12.4. The quantitative estimate of drug-likeness (QED) is 0.849. The molecule has 1 N–H and O–H groups in total. The second-order valence-electron chi connectivity index (χ2n) is 5.23. The topological polar surface area (TPSA) is 33.1 Å². The number of anilines is 1. The van der Waals surface area contributed by atoms with Gasteiger partial charge >= 0.3 is 0 Å². The van der Waals surface area contributed by atoms with Gasteiger partial charge < -0.3 is 10.2 Å². The van der Waals surface area contributed by atoms with Crippen LogP contribution in [0.5, 0.6) is 0 Å². The Kier molecular flexibility index (Phi) is 4.05. The molecule has 0 amide bonds. The normalized spacial score (nSPS) is 16.9. The molecule has 1 fully saturated rings. The van der Waals surface area contributed by atoms with E-state index in [0.29, 0.717) is 5.92 Å². The lowest BCUT2D eigenvalue weighted by atomic mass is 10.1. The Bertz CT molecular complexity index is 350. The lowest BCUT2D eigenvalue weighted by Gasteiger charge is -2.15. The minimum atomic E-state index is 0.477. The molecule has 0 aliphatic carbocycles. The predicted molar refractivity (Wildman–Crippen MR) is 71.5 cm³/mol. The van der Waals surface area contributed by atoms with Gasteiger partial charge in [-0.15, -0.1) is 0 Å². The van der Waals surface area contributed by atoms with E-state index in [2.05, 4.69) is 35.4 Å². The summed E-state index contributed by atoms with van der Waals surface area (Å²) in [5.41, 5.74) is 2.37. The van der Waals surface area contributed by atoms with Crippen LogP contribution in [0.1, 0.15) is 38.3 Å². The molecule has 96 valence electrons. The van der Waals surface area contributed by atoms with Gasteiger partial charge in [0.15, 0.2) is 0 Å². The maximum Gasteiger partial charge on any atom is 0.0881 e. The van der Waals surface area contributed by atoms with Gasteiger partial charge in [0.1, 0.15) is 0 Å². The van der Waals surface area contributed by atoms with Gasteiger partial charge in [-0.1, -0.05) is 13.8 Å². The Balaban J connectivity index is 1.85. The molecule has 0 radical (unpaired) electrons. The molecule has 0 aromatic carbocycles.